The Labute approximate surface area is 104 Å². The van der Waals surface area contributed by atoms with Crippen LogP contribution in [0.1, 0.15) is 44.1 Å². The maximum atomic E-state index is 5.20. The van der Waals surface area contributed by atoms with Crippen LogP contribution in [0.4, 0.5) is 0 Å². The van der Waals surface area contributed by atoms with Crippen molar-refractivity contribution in [1.82, 2.24) is 5.32 Å². The van der Waals surface area contributed by atoms with E-state index in [4.69, 9.17) is 4.74 Å². The molecule has 2 nitrogen and oxygen atoms in total. The van der Waals surface area contributed by atoms with Gasteiger partial charge in [0.15, 0.2) is 0 Å². The lowest BCUT2D eigenvalue weighted by molar-refractivity contribution is 0.344. The summed E-state index contributed by atoms with van der Waals surface area (Å²) in [5, 5.41) is 3.58. The number of hydrogen-bond donors (Lipinski definition) is 1. The molecule has 1 N–H and O–H groups in total. The first-order valence-electron chi connectivity index (χ1n) is 6.70. The normalized spacial score (nSPS) is 24.6. The highest BCUT2D eigenvalue weighted by atomic mass is 16.5. The van der Waals surface area contributed by atoms with Crippen LogP contribution >= 0.6 is 0 Å². The van der Waals surface area contributed by atoms with Gasteiger partial charge in [-0.1, -0.05) is 25.5 Å². The summed E-state index contributed by atoms with van der Waals surface area (Å²) in [6.45, 7) is 3.27. The molecule has 2 heteroatoms. The maximum absolute atomic E-state index is 5.20. The number of rotatable bonds is 4. The molecule has 0 aromatic heterocycles. The molecular formula is C15H23NO. The summed E-state index contributed by atoms with van der Waals surface area (Å²) in [5.41, 5.74) is 1.47. The Morgan fingerprint density at radius 3 is 2.65 bits per heavy atom. The van der Waals surface area contributed by atoms with Gasteiger partial charge in [-0.05, 0) is 49.4 Å². The van der Waals surface area contributed by atoms with Gasteiger partial charge < -0.3 is 10.1 Å². The third-order valence-corrected chi connectivity index (χ3v) is 3.75. The van der Waals surface area contributed by atoms with Crippen LogP contribution in [0, 0.1) is 0 Å². The molecule has 0 bridgehead atoms. The average molecular weight is 233 g/mol. The monoisotopic (exact) mass is 233 g/mol. The molecule has 0 saturated heterocycles. The van der Waals surface area contributed by atoms with Crippen molar-refractivity contribution < 1.29 is 4.74 Å². The Kier molecular flexibility index (Phi) is 4.43. The van der Waals surface area contributed by atoms with Gasteiger partial charge in [0.25, 0.3) is 0 Å². The molecular weight excluding hydrogens is 210 g/mol. The van der Waals surface area contributed by atoms with Gasteiger partial charge in [0.05, 0.1) is 7.11 Å². The van der Waals surface area contributed by atoms with Crippen LogP contribution in [-0.4, -0.2) is 19.7 Å². The number of ether oxygens (including phenoxy) is 1. The predicted molar refractivity (Wildman–Crippen MR) is 71.7 cm³/mol. The molecule has 2 rings (SSSR count). The Morgan fingerprint density at radius 1 is 1.24 bits per heavy atom. The van der Waals surface area contributed by atoms with Crippen molar-refractivity contribution in [3.63, 3.8) is 0 Å². The molecule has 1 saturated carbocycles. The first-order valence-corrected chi connectivity index (χ1v) is 6.70. The highest BCUT2D eigenvalue weighted by molar-refractivity contribution is 5.29. The van der Waals surface area contributed by atoms with Crippen molar-refractivity contribution in [1.29, 1.82) is 0 Å². The van der Waals surface area contributed by atoms with E-state index in [0.29, 0.717) is 6.04 Å². The highest BCUT2D eigenvalue weighted by Crippen LogP contribution is 2.33. The first kappa shape index (κ1) is 12.4. The second kappa shape index (κ2) is 6.06. The Balaban J connectivity index is 2.00. The fourth-order valence-electron chi connectivity index (χ4n) is 2.84. The molecule has 0 radical (unpaired) electrons. The predicted octanol–water partition coefficient (Wildman–Crippen LogP) is 3.33. The molecule has 1 aromatic rings. The Hall–Kier alpha value is -1.02. The van der Waals surface area contributed by atoms with Gasteiger partial charge in [-0.3, -0.25) is 0 Å². The summed E-state index contributed by atoms with van der Waals surface area (Å²) in [4.78, 5) is 0. The van der Waals surface area contributed by atoms with E-state index in [1.54, 1.807) is 7.11 Å². The zero-order chi connectivity index (χ0) is 12.1. The second-order valence-electron chi connectivity index (χ2n) is 4.89. The molecule has 1 aliphatic carbocycles. The lowest BCUT2D eigenvalue weighted by atomic mass is 9.81. The minimum Gasteiger partial charge on any atom is -0.497 e. The summed E-state index contributed by atoms with van der Waals surface area (Å²) >= 11 is 0. The van der Waals surface area contributed by atoms with Gasteiger partial charge in [-0.15, -0.1) is 0 Å². The van der Waals surface area contributed by atoms with E-state index >= 15 is 0 Å². The van der Waals surface area contributed by atoms with Crippen LogP contribution in [0.2, 0.25) is 0 Å². The standard InChI is InChI=1S/C15H23NO/c1-3-16-14-6-4-5-13(11-14)12-7-9-15(17-2)10-8-12/h7-10,13-14,16H,3-6,11H2,1-2H3. The zero-order valence-corrected chi connectivity index (χ0v) is 10.9. The van der Waals surface area contributed by atoms with E-state index in [0.717, 1.165) is 18.2 Å². The van der Waals surface area contributed by atoms with E-state index in [-0.39, 0.29) is 0 Å². The van der Waals surface area contributed by atoms with Crippen molar-refractivity contribution in [2.24, 2.45) is 0 Å². The summed E-state index contributed by atoms with van der Waals surface area (Å²) in [7, 11) is 1.72. The smallest absolute Gasteiger partial charge is 0.118 e. The van der Waals surface area contributed by atoms with Gasteiger partial charge in [-0.25, -0.2) is 0 Å². The van der Waals surface area contributed by atoms with Crippen LogP contribution in [0.3, 0.4) is 0 Å². The third kappa shape index (κ3) is 3.22. The van der Waals surface area contributed by atoms with Crippen molar-refractivity contribution >= 4 is 0 Å². The highest BCUT2D eigenvalue weighted by Gasteiger charge is 2.22. The molecule has 2 unspecified atom stereocenters. The number of nitrogens with one attached hydrogen (secondary N) is 1. The lowest BCUT2D eigenvalue weighted by Crippen LogP contribution is -2.33. The van der Waals surface area contributed by atoms with Crippen LogP contribution < -0.4 is 10.1 Å². The van der Waals surface area contributed by atoms with E-state index in [1.165, 1.54) is 31.2 Å². The van der Waals surface area contributed by atoms with E-state index < -0.39 is 0 Å². The largest absolute Gasteiger partial charge is 0.497 e. The van der Waals surface area contributed by atoms with E-state index in [2.05, 4.69) is 36.5 Å². The molecule has 1 aromatic carbocycles. The summed E-state index contributed by atoms with van der Waals surface area (Å²) in [6, 6.07) is 9.30. The topological polar surface area (TPSA) is 21.3 Å². The van der Waals surface area contributed by atoms with Crippen molar-refractivity contribution in [3.05, 3.63) is 29.8 Å². The molecule has 94 valence electrons. The van der Waals surface area contributed by atoms with E-state index in [9.17, 15) is 0 Å². The quantitative estimate of drug-likeness (QED) is 0.861. The maximum Gasteiger partial charge on any atom is 0.118 e. The minimum absolute atomic E-state index is 0.709. The fraction of sp³-hybridized carbons (Fsp3) is 0.600. The van der Waals surface area contributed by atoms with Gasteiger partial charge in [0, 0.05) is 6.04 Å². The molecule has 2 atom stereocenters. The van der Waals surface area contributed by atoms with Crippen LogP contribution in [-0.2, 0) is 0 Å². The second-order valence-corrected chi connectivity index (χ2v) is 4.89. The van der Waals surface area contributed by atoms with Gasteiger partial charge in [0.1, 0.15) is 5.75 Å². The van der Waals surface area contributed by atoms with Gasteiger partial charge >= 0.3 is 0 Å². The number of hydrogen-bond acceptors (Lipinski definition) is 2. The van der Waals surface area contributed by atoms with Crippen LogP contribution in [0.15, 0.2) is 24.3 Å². The SMILES string of the molecule is CCNC1CCCC(c2ccc(OC)cc2)C1. The molecule has 1 fully saturated rings. The summed E-state index contributed by atoms with van der Waals surface area (Å²) < 4.78 is 5.20. The Morgan fingerprint density at radius 2 is 2.00 bits per heavy atom. The molecule has 17 heavy (non-hydrogen) atoms. The van der Waals surface area contributed by atoms with Crippen LogP contribution in [0.25, 0.3) is 0 Å². The van der Waals surface area contributed by atoms with Crippen molar-refractivity contribution in [2.45, 2.75) is 44.6 Å². The van der Waals surface area contributed by atoms with Crippen molar-refractivity contribution in [3.8, 4) is 5.75 Å². The van der Waals surface area contributed by atoms with E-state index in [1.807, 2.05) is 0 Å². The number of methoxy groups -OCH3 is 1. The molecule has 0 aliphatic heterocycles. The van der Waals surface area contributed by atoms with Crippen molar-refractivity contribution in [2.75, 3.05) is 13.7 Å². The van der Waals surface area contributed by atoms with Gasteiger partial charge in [-0.2, -0.15) is 0 Å². The lowest BCUT2D eigenvalue weighted by Gasteiger charge is -2.30. The molecule has 0 heterocycles. The fourth-order valence-corrected chi connectivity index (χ4v) is 2.84. The molecule has 1 aliphatic rings. The van der Waals surface area contributed by atoms with Gasteiger partial charge in [0.2, 0.25) is 0 Å². The Bertz CT molecular complexity index is 331. The molecule has 0 spiro atoms. The van der Waals surface area contributed by atoms with Crippen LogP contribution in [0.5, 0.6) is 5.75 Å². The summed E-state index contributed by atoms with van der Waals surface area (Å²) in [6.07, 6.45) is 5.28. The molecule has 0 amide bonds. The number of benzene rings is 1. The summed E-state index contributed by atoms with van der Waals surface area (Å²) in [5.74, 6) is 1.67. The first-order chi connectivity index (χ1) is 8.33. The minimum atomic E-state index is 0.709. The average Bonchev–Trinajstić information content (AvgIpc) is 2.40. The third-order valence-electron chi connectivity index (χ3n) is 3.75. The zero-order valence-electron chi connectivity index (χ0n) is 10.9.